The first-order chi connectivity index (χ1) is 12.3. The Labute approximate surface area is 152 Å². The highest BCUT2D eigenvalue weighted by molar-refractivity contribution is 7.88. The predicted molar refractivity (Wildman–Crippen MR) is 99.6 cm³/mol. The molecule has 0 aliphatic carbocycles. The molecular formula is C18H22FN3O3S. The van der Waals surface area contributed by atoms with E-state index >= 15 is 0 Å². The summed E-state index contributed by atoms with van der Waals surface area (Å²) >= 11 is 0. The number of para-hydroxylation sites is 1. The highest BCUT2D eigenvalue weighted by Crippen LogP contribution is 2.14. The van der Waals surface area contributed by atoms with E-state index in [9.17, 15) is 17.6 Å². The van der Waals surface area contributed by atoms with Crippen molar-refractivity contribution in [3.8, 4) is 0 Å². The Bertz CT molecular complexity index is 869. The van der Waals surface area contributed by atoms with Crippen molar-refractivity contribution in [2.24, 2.45) is 0 Å². The molecule has 0 aromatic heterocycles. The zero-order valence-electron chi connectivity index (χ0n) is 14.6. The average Bonchev–Trinajstić information content (AvgIpc) is 2.54. The molecular weight excluding hydrogens is 357 g/mol. The number of hydrogen-bond donors (Lipinski definition) is 3. The number of anilines is 1. The maximum atomic E-state index is 13.6. The molecule has 0 unspecified atom stereocenters. The third kappa shape index (κ3) is 6.12. The molecule has 2 amide bonds. The number of carbonyl (C=O) groups is 1. The Kier molecular flexibility index (Phi) is 6.70. The molecule has 0 radical (unpaired) electrons. The molecule has 2 rings (SSSR count). The number of nitrogens with one attached hydrogen (secondary N) is 3. The minimum absolute atomic E-state index is 0.0713. The van der Waals surface area contributed by atoms with Gasteiger partial charge in [-0.15, -0.1) is 0 Å². The van der Waals surface area contributed by atoms with Gasteiger partial charge in [0, 0.05) is 12.6 Å². The second kappa shape index (κ2) is 8.77. The van der Waals surface area contributed by atoms with Crippen LogP contribution in [-0.2, 0) is 22.3 Å². The van der Waals surface area contributed by atoms with Crippen LogP contribution in [0.15, 0.2) is 48.5 Å². The Morgan fingerprint density at radius 1 is 1.04 bits per heavy atom. The molecule has 0 bridgehead atoms. The summed E-state index contributed by atoms with van der Waals surface area (Å²) in [7, 11) is -3.48. The first-order valence-electron chi connectivity index (χ1n) is 8.13. The summed E-state index contributed by atoms with van der Waals surface area (Å²) in [6.07, 6.45) is 0. The van der Waals surface area contributed by atoms with Gasteiger partial charge in [0.25, 0.3) is 0 Å². The maximum absolute atomic E-state index is 13.6. The van der Waals surface area contributed by atoms with Gasteiger partial charge in [-0.1, -0.05) is 36.4 Å². The van der Waals surface area contributed by atoms with Gasteiger partial charge in [0.05, 0.1) is 11.4 Å². The first-order valence-corrected chi connectivity index (χ1v) is 9.78. The van der Waals surface area contributed by atoms with Gasteiger partial charge in [-0.05, 0) is 37.1 Å². The second-order valence-electron chi connectivity index (χ2n) is 6.09. The van der Waals surface area contributed by atoms with Crippen LogP contribution in [0.3, 0.4) is 0 Å². The molecule has 0 heterocycles. The van der Waals surface area contributed by atoms with Gasteiger partial charge < -0.3 is 10.6 Å². The first kappa shape index (κ1) is 19.9. The number of halogens is 1. The van der Waals surface area contributed by atoms with Crippen molar-refractivity contribution in [2.45, 2.75) is 32.2 Å². The van der Waals surface area contributed by atoms with Crippen molar-refractivity contribution in [3.63, 3.8) is 0 Å². The number of carbonyl (C=O) groups excluding carboxylic acids is 1. The van der Waals surface area contributed by atoms with Gasteiger partial charge in [-0.2, -0.15) is 0 Å². The zero-order chi connectivity index (χ0) is 19.2. The number of benzene rings is 2. The number of urea groups is 1. The van der Waals surface area contributed by atoms with Crippen LogP contribution in [0.25, 0.3) is 0 Å². The third-order valence-electron chi connectivity index (χ3n) is 3.44. The molecule has 0 saturated heterocycles. The van der Waals surface area contributed by atoms with Crippen LogP contribution < -0.4 is 15.4 Å². The summed E-state index contributed by atoms with van der Waals surface area (Å²) in [4.78, 5) is 12.0. The fourth-order valence-electron chi connectivity index (χ4n) is 2.38. The van der Waals surface area contributed by atoms with E-state index in [0.29, 0.717) is 11.1 Å². The van der Waals surface area contributed by atoms with Crippen molar-refractivity contribution < 1.29 is 17.6 Å². The van der Waals surface area contributed by atoms with Crippen LogP contribution in [0.4, 0.5) is 14.9 Å². The Balaban J connectivity index is 2.02. The molecule has 0 aliphatic heterocycles. The van der Waals surface area contributed by atoms with Gasteiger partial charge in [0.1, 0.15) is 5.82 Å². The molecule has 8 heteroatoms. The Hall–Kier alpha value is -2.45. The lowest BCUT2D eigenvalue weighted by Gasteiger charge is -2.14. The lowest BCUT2D eigenvalue weighted by atomic mass is 10.1. The van der Waals surface area contributed by atoms with E-state index in [0.717, 1.165) is 0 Å². The van der Waals surface area contributed by atoms with Gasteiger partial charge in [-0.3, -0.25) is 0 Å². The van der Waals surface area contributed by atoms with Crippen molar-refractivity contribution in [1.82, 2.24) is 10.0 Å². The third-order valence-corrected chi connectivity index (χ3v) is 4.96. The normalized spacial score (nSPS) is 11.4. The summed E-state index contributed by atoms with van der Waals surface area (Å²) < 4.78 is 40.3. The molecule has 0 atom stereocenters. The monoisotopic (exact) mass is 379 g/mol. The minimum atomic E-state index is -3.48. The van der Waals surface area contributed by atoms with E-state index in [1.165, 1.54) is 18.2 Å². The average molecular weight is 379 g/mol. The minimum Gasteiger partial charge on any atom is -0.334 e. The standard InChI is InChI=1S/C18H22FN3O3S/c1-13(2)22-26(24,25)12-15-8-4-3-7-14(15)11-20-18(23)21-17-10-6-5-9-16(17)19/h3-10,13,22H,11-12H2,1-2H3,(H2,20,21,23). The molecule has 26 heavy (non-hydrogen) atoms. The highest BCUT2D eigenvalue weighted by atomic mass is 32.2. The quantitative estimate of drug-likeness (QED) is 0.691. The molecule has 0 saturated carbocycles. The topological polar surface area (TPSA) is 87.3 Å². The Morgan fingerprint density at radius 3 is 2.31 bits per heavy atom. The van der Waals surface area contributed by atoms with Gasteiger partial charge >= 0.3 is 6.03 Å². The van der Waals surface area contributed by atoms with E-state index in [2.05, 4.69) is 15.4 Å². The summed E-state index contributed by atoms with van der Waals surface area (Å²) in [6.45, 7) is 3.61. The maximum Gasteiger partial charge on any atom is 0.319 e. The molecule has 2 aromatic carbocycles. The van der Waals surface area contributed by atoms with Crippen LogP contribution in [0, 0.1) is 5.82 Å². The highest BCUT2D eigenvalue weighted by Gasteiger charge is 2.15. The van der Waals surface area contributed by atoms with Crippen LogP contribution in [-0.4, -0.2) is 20.5 Å². The summed E-state index contributed by atoms with van der Waals surface area (Å²) in [5, 5.41) is 5.03. The molecule has 2 aromatic rings. The van der Waals surface area contributed by atoms with E-state index in [-0.39, 0.29) is 24.0 Å². The molecule has 0 spiro atoms. The van der Waals surface area contributed by atoms with Crippen molar-refractivity contribution in [3.05, 3.63) is 65.5 Å². The fraction of sp³-hybridized carbons (Fsp3) is 0.278. The fourth-order valence-corrected chi connectivity index (χ4v) is 3.87. The van der Waals surface area contributed by atoms with Crippen LogP contribution >= 0.6 is 0 Å². The SMILES string of the molecule is CC(C)NS(=O)(=O)Cc1ccccc1CNC(=O)Nc1ccccc1F. The van der Waals surface area contributed by atoms with Gasteiger partial charge in [-0.25, -0.2) is 22.3 Å². The summed E-state index contributed by atoms with van der Waals surface area (Å²) in [6, 6.07) is 12.0. The van der Waals surface area contributed by atoms with Gasteiger partial charge in [0.15, 0.2) is 0 Å². The van der Waals surface area contributed by atoms with E-state index in [4.69, 9.17) is 0 Å². The molecule has 0 fully saturated rings. The van der Waals surface area contributed by atoms with E-state index in [1.807, 2.05) is 0 Å². The summed E-state index contributed by atoms with van der Waals surface area (Å²) in [5.74, 6) is -0.716. The number of amides is 2. The largest absolute Gasteiger partial charge is 0.334 e. The number of rotatable bonds is 7. The van der Waals surface area contributed by atoms with Crippen LogP contribution in [0.2, 0.25) is 0 Å². The lowest BCUT2D eigenvalue weighted by Crippen LogP contribution is -2.32. The van der Waals surface area contributed by atoms with Crippen molar-refractivity contribution in [1.29, 1.82) is 0 Å². The molecule has 3 N–H and O–H groups in total. The number of hydrogen-bond acceptors (Lipinski definition) is 3. The van der Waals surface area contributed by atoms with Crippen LogP contribution in [0.5, 0.6) is 0 Å². The second-order valence-corrected chi connectivity index (χ2v) is 7.84. The molecule has 140 valence electrons. The lowest BCUT2D eigenvalue weighted by molar-refractivity contribution is 0.251. The number of sulfonamides is 1. The predicted octanol–water partition coefficient (Wildman–Crippen LogP) is 2.98. The van der Waals surface area contributed by atoms with E-state index < -0.39 is 21.9 Å². The van der Waals surface area contributed by atoms with Crippen LogP contribution in [0.1, 0.15) is 25.0 Å². The van der Waals surface area contributed by atoms with Crippen molar-refractivity contribution >= 4 is 21.7 Å². The Morgan fingerprint density at radius 2 is 1.65 bits per heavy atom. The van der Waals surface area contributed by atoms with E-state index in [1.54, 1.807) is 44.2 Å². The van der Waals surface area contributed by atoms with Crippen molar-refractivity contribution in [2.75, 3.05) is 5.32 Å². The molecule has 6 nitrogen and oxygen atoms in total. The van der Waals surface area contributed by atoms with Gasteiger partial charge in [0.2, 0.25) is 10.0 Å². The smallest absolute Gasteiger partial charge is 0.319 e. The zero-order valence-corrected chi connectivity index (χ0v) is 15.4. The molecule has 0 aliphatic rings. The summed E-state index contributed by atoms with van der Waals surface area (Å²) in [5.41, 5.74) is 1.33.